The molecule has 0 aliphatic rings. The van der Waals surface area contributed by atoms with Gasteiger partial charge in [-0.25, -0.2) is 4.68 Å². The number of nitrogens with two attached hydrogens (primary N) is 1. The van der Waals surface area contributed by atoms with Crippen LogP contribution in [0.4, 0.5) is 0 Å². The van der Waals surface area contributed by atoms with Crippen molar-refractivity contribution in [3.8, 4) is 17.1 Å². The molecule has 5 nitrogen and oxygen atoms in total. The largest absolute Gasteiger partial charge is 0.496 e. The van der Waals surface area contributed by atoms with E-state index in [9.17, 15) is 0 Å². The van der Waals surface area contributed by atoms with Crippen LogP contribution in [0.1, 0.15) is 16.7 Å². The van der Waals surface area contributed by atoms with E-state index in [1.165, 1.54) is 21.4 Å². The number of hydrogen-bond acceptors (Lipinski definition) is 5. The predicted molar refractivity (Wildman–Crippen MR) is 97.6 cm³/mol. The highest BCUT2D eigenvalue weighted by atomic mass is 32.2. The van der Waals surface area contributed by atoms with E-state index in [1.807, 2.05) is 24.3 Å². The molecule has 0 saturated heterocycles. The van der Waals surface area contributed by atoms with Gasteiger partial charge in [0.2, 0.25) is 5.16 Å². The van der Waals surface area contributed by atoms with Gasteiger partial charge in [0.15, 0.2) is 5.82 Å². The van der Waals surface area contributed by atoms with E-state index in [4.69, 9.17) is 10.6 Å². The van der Waals surface area contributed by atoms with Crippen molar-refractivity contribution in [2.75, 3.05) is 13.0 Å². The van der Waals surface area contributed by atoms with Gasteiger partial charge in [0.25, 0.3) is 0 Å². The van der Waals surface area contributed by atoms with Crippen LogP contribution in [0.5, 0.6) is 5.75 Å². The molecule has 0 amide bonds. The van der Waals surface area contributed by atoms with Crippen molar-refractivity contribution in [2.24, 2.45) is 0 Å². The van der Waals surface area contributed by atoms with Gasteiger partial charge in [-0.2, -0.15) is 0 Å². The standard InChI is InChI=1S/C18H20N4OS/c1-12-8-13(2)10-14(9-12)11-24-18-21-20-17(22(18)19)15-6-4-5-7-16(15)23-3/h4-10H,11,19H2,1-3H3. The summed E-state index contributed by atoms with van der Waals surface area (Å²) in [6, 6.07) is 14.2. The van der Waals surface area contributed by atoms with Gasteiger partial charge >= 0.3 is 0 Å². The topological polar surface area (TPSA) is 66.0 Å². The van der Waals surface area contributed by atoms with Crippen LogP contribution in [0.2, 0.25) is 0 Å². The fourth-order valence-electron chi connectivity index (χ4n) is 2.69. The monoisotopic (exact) mass is 340 g/mol. The number of nitrogens with zero attached hydrogens (tertiary/aromatic N) is 3. The number of thioether (sulfide) groups is 1. The number of nitrogen functional groups attached to an aromatic ring is 1. The maximum Gasteiger partial charge on any atom is 0.210 e. The third kappa shape index (κ3) is 3.38. The molecule has 0 bridgehead atoms. The summed E-state index contributed by atoms with van der Waals surface area (Å²) in [7, 11) is 1.63. The molecule has 0 atom stereocenters. The van der Waals surface area contributed by atoms with E-state index in [0.29, 0.717) is 11.0 Å². The summed E-state index contributed by atoms with van der Waals surface area (Å²) in [5.41, 5.74) is 4.59. The summed E-state index contributed by atoms with van der Waals surface area (Å²) >= 11 is 1.57. The third-order valence-corrected chi connectivity index (χ3v) is 4.68. The van der Waals surface area contributed by atoms with Crippen molar-refractivity contribution in [2.45, 2.75) is 24.8 Å². The summed E-state index contributed by atoms with van der Waals surface area (Å²) in [6.45, 7) is 4.21. The van der Waals surface area contributed by atoms with Crippen LogP contribution in [0, 0.1) is 13.8 Å². The van der Waals surface area contributed by atoms with E-state index in [0.717, 1.165) is 17.1 Å². The number of rotatable bonds is 5. The predicted octanol–water partition coefficient (Wildman–Crippen LogP) is 3.58. The molecule has 2 N–H and O–H groups in total. The van der Waals surface area contributed by atoms with E-state index < -0.39 is 0 Å². The van der Waals surface area contributed by atoms with E-state index in [2.05, 4.69) is 42.2 Å². The Balaban J connectivity index is 1.82. The average Bonchev–Trinajstić information content (AvgIpc) is 2.92. The van der Waals surface area contributed by atoms with Gasteiger partial charge in [0, 0.05) is 5.75 Å². The number of ether oxygens (including phenoxy) is 1. The molecule has 6 heteroatoms. The van der Waals surface area contributed by atoms with Crippen molar-refractivity contribution in [1.29, 1.82) is 0 Å². The zero-order valence-electron chi connectivity index (χ0n) is 14.0. The van der Waals surface area contributed by atoms with Crippen LogP contribution in [-0.4, -0.2) is 22.0 Å². The molecule has 1 aromatic heterocycles. The molecule has 0 aliphatic carbocycles. The molecule has 0 aliphatic heterocycles. The molecular weight excluding hydrogens is 320 g/mol. The molecule has 124 valence electrons. The number of benzene rings is 2. The molecular formula is C18H20N4OS. The Morgan fingerprint density at radius 1 is 1.08 bits per heavy atom. The van der Waals surface area contributed by atoms with Gasteiger partial charge in [-0.05, 0) is 31.5 Å². The van der Waals surface area contributed by atoms with Crippen LogP contribution < -0.4 is 10.6 Å². The second-order valence-electron chi connectivity index (χ2n) is 5.66. The first-order chi connectivity index (χ1) is 11.6. The lowest BCUT2D eigenvalue weighted by molar-refractivity contribution is 0.416. The Morgan fingerprint density at radius 2 is 1.79 bits per heavy atom. The minimum absolute atomic E-state index is 0.593. The maximum atomic E-state index is 6.20. The summed E-state index contributed by atoms with van der Waals surface area (Å²) in [5.74, 6) is 8.31. The lowest BCUT2D eigenvalue weighted by Crippen LogP contribution is -2.12. The third-order valence-electron chi connectivity index (χ3n) is 3.66. The molecule has 3 aromatic rings. The number of aromatic nitrogens is 3. The molecule has 1 heterocycles. The zero-order valence-corrected chi connectivity index (χ0v) is 14.8. The Hall–Kier alpha value is -2.47. The van der Waals surface area contributed by atoms with Crippen molar-refractivity contribution in [1.82, 2.24) is 14.9 Å². The summed E-state index contributed by atoms with van der Waals surface area (Å²) in [5, 5.41) is 9.13. The molecule has 0 spiro atoms. The van der Waals surface area contributed by atoms with E-state index in [-0.39, 0.29) is 0 Å². The first kappa shape index (κ1) is 16.4. The summed E-state index contributed by atoms with van der Waals surface area (Å²) in [6.07, 6.45) is 0. The number of methoxy groups -OCH3 is 1. The van der Waals surface area contributed by atoms with Crippen molar-refractivity contribution in [3.63, 3.8) is 0 Å². The lowest BCUT2D eigenvalue weighted by Gasteiger charge is -2.08. The highest BCUT2D eigenvalue weighted by molar-refractivity contribution is 7.98. The molecule has 24 heavy (non-hydrogen) atoms. The van der Waals surface area contributed by atoms with Gasteiger partial charge in [-0.1, -0.05) is 53.2 Å². The molecule has 0 saturated carbocycles. The molecule has 2 aromatic carbocycles. The summed E-state index contributed by atoms with van der Waals surface area (Å²) < 4.78 is 6.90. The fourth-order valence-corrected chi connectivity index (χ4v) is 3.48. The second-order valence-corrected chi connectivity index (χ2v) is 6.60. The molecule has 0 radical (unpaired) electrons. The van der Waals surface area contributed by atoms with Crippen LogP contribution in [-0.2, 0) is 5.75 Å². The van der Waals surface area contributed by atoms with Crippen molar-refractivity contribution >= 4 is 11.8 Å². The van der Waals surface area contributed by atoms with Gasteiger partial charge in [-0.15, -0.1) is 10.2 Å². The SMILES string of the molecule is COc1ccccc1-c1nnc(SCc2cc(C)cc(C)c2)n1N. The van der Waals surface area contributed by atoms with Gasteiger partial charge in [0.1, 0.15) is 5.75 Å². The number of para-hydroxylation sites is 1. The highest BCUT2D eigenvalue weighted by Crippen LogP contribution is 2.30. The normalized spacial score (nSPS) is 10.8. The Labute approximate surface area is 145 Å². The maximum absolute atomic E-state index is 6.20. The molecule has 0 unspecified atom stereocenters. The van der Waals surface area contributed by atoms with Gasteiger partial charge in [-0.3, -0.25) is 0 Å². The van der Waals surface area contributed by atoms with Crippen molar-refractivity contribution < 1.29 is 4.74 Å². The van der Waals surface area contributed by atoms with Crippen LogP contribution in [0.15, 0.2) is 47.6 Å². The Kier molecular flexibility index (Phi) is 4.76. The van der Waals surface area contributed by atoms with Crippen LogP contribution in [0.25, 0.3) is 11.4 Å². The Bertz CT molecular complexity index is 840. The van der Waals surface area contributed by atoms with E-state index in [1.54, 1.807) is 18.9 Å². The lowest BCUT2D eigenvalue weighted by atomic mass is 10.1. The number of aryl methyl sites for hydroxylation is 2. The quantitative estimate of drug-likeness (QED) is 0.568. The zero-order chi connectivity index (χ0) is 17.1. The van der Waals surface area contributed by atoms with Crippen molar-refractivity contribution in [3.05, 3.63) is 59.2 Å². The van der Waals surface area contributed by atoms with Crippen LogP contribution in [0.3, 0.4) is 0 Å². The molecule has 0 fully saturated rings. The van der Waals surface area contributed by atoms with Gasteiger partial charge < -0.3 is 10.6 Å². The second kappa shape index (κ2) is 6.97. The highest BCUT2D eigenvalue weighted by Gasteiger charge is 2.15. The summed E-state index contributed by atoms with van der Waals surface area (Å²) in [4.78, 5) is 0. The number of hydrogen-bond donors (Lipinski definition) is 1. The minimum atomic E-state index is 0.593. The first-order valence-electron chi connectivity index (χ1n) is 7.62. The average molecular weight is 340 g/mol. The van der Waals surface area contributed by atoms with E-state index >= 15 is 0 Å². The Morgan fingerprint density at radius 3 is 2.50 bits per heavy atom. The van der Waals surface area contributed by atoms with Gasteiger partial charge in [0.05, 0.1) is 12.7 Å². The minimum Gasteiger partial charge on any atom is -0.496 e. The van der Waals surface area contributed by atoms with Crippen LogP contribution >= 0.6 is 11.8 Å². The first-order valence-corrected chi connectivity index (χ1v) is 8.61. The fraction of sp³-hybridized carbons (Fsp3) is 0.222. The molecule has 3 rings (SSSR count). The smallest absolute Gasteiger partial charge is 0.210 e.